The first kappa shape index (κ1) is 25.8. The molecule has 0 bridgehead atoms. The summed E-state index contributed by atoms with van der Waals surface area (Å²) in [6.45, 7) is 3.95. The zero-order valence-electron chi connectivity index (χ0n) is 20.4. The van der Waals surface area contributed by atoms with Crippen molar-refractivity contribution in [3.63, 3.8) is 0 Å². The van der Waals surface area contributed by atoms with E-state index in [0.717, 1.165) is 32.1 Å². The lowest BCUT2D eigenvalue weighted by atomic mass is 9.86. The van der Waals surface area contributed by atoms with Crippen LogP contribution in [0.4, 0.5) is 13.2 Å². The number of amides is 2. The number of unbranched alkanes of at least 4 members (excludes halogenated alkanes) is 1. The maximum atomic E-state index is 14.0. The van der Waals surface area contributed by atoms with Gasteiger partial charge in [0.15, 0.2) is 11.4 Å². The molecule has 0 radical (unpaired) electrons. The largest absolute Gasteiger partial charge is 0.487 e. The summed E-state index contributed by atoms with van der Waals surface area (Å²) in [5.41, 5.74) is -1.43. The molecule has 2 atom stereocenters. The summed E-state index contributed by atoms with van der Waals surface area (Å²) < 4.78 is 48.8. The third kappa shape index (κ3) is 4.73. The van der Waals surface area contributed by atoms with Crippen molar-refractivity contribution in [1.82, 2.24) is 14.8 Å². The average Bonchev–Trinajstić information content (AvgIpc) is 2.84. The van der Waals surface area contributed by atoms with Crippen LogP contribution < -0.4 is 15.5 Å². The molecule has 2 amide bonds. The van der Waals surface area contributed by atoms with Crippen molar-refractivity contribution >= 4 is 11.8 Å². The number of halogens is 3. The Labute approximate surface area is 207 Å². The van der Waals surface area contributed by atoms with Gasteiger partial charge in [0.1, 0.15) is 23.0 Å². The van der Waals surface area contributed by atoms with E-state index in [0.29, 0.717) is 25.1 Å². The summed E-state index contributed by atoms with van der Waals surface area (Å²) in [6, 6.07) is 0.852. The van der Waals surface area contributed by atoms with E-state index in [2.05, 4.69) is 5.32 Å². The highest BCUT2D eigenvalue weighted by Crippen LogP contribution is 2.39. The van der Waals surface area contributed by atoms with Crippen LogP contribution in [0.5, 0.6) is 5.75 Å². The Balaban J connectivity index is 1.75. The molecule has 0 unspecified atom stereocenters. The smallest absolute Gasteiger partial charge is 0.274 e. The van der Waals surface area contributed by atoms with E-state index in [1.54, 1.807) is 9.47 Å². The van der Waals surface area contributed by atoms with Gasteiger partial charge >= 0.3 is 0 Å². The Morgan fingerprint density at radius 2 is 1.75 bits per heavy atom. The second-order valence-electron chi connectivity index (χ2n) is 9.20. The zero-order valence-corrected chi connectivity index (χ0v) is 20.4. The number of likely N-dealkylation sites (N-methyl/N-ethyl adjacent to an activating group) is 1. The average molecular weight is 506 g/mol. The molecule has 1 saturated carbocycles. The Kier molecular flexibility index (Phi) is 7.70. The van der Waals surface area contributed by atoms with Crippen LogP contribution in [0.15, 0.2) is 23.1 Å². The van der Waals surface area contributed by atoms with Gasteiger partial charge in [-0.05, 0) is 26.2 Å². The van der Waals surface area contributed by atoms with Gasteiger partial charge in [0.25, 0.3) is 11.8 Å². The summed E-state index contributed by atoms with van der Waals surface area (Å²) in [7, 11) is 0. The fourth-order valence-corrected chi connectivity index (χ4v) is 5.14. The number of rotatable bonds is 8. The van der Waals surface area contributed by atoms with Gasteiger partial charge in [-0.1, -0.05) is 26.2 Å². The fraction of sp³-hybridized carbons (Fsp3) is 0.500. The predicted molar refractivity (Wildman–Crippen MR) is 127 cm³/mol. The van der Waals surface area contributed by atoms with Gasteiger partial charge in [-0.25, -0.2) is 13.2 Å². The molecule has 194 valence electrons. The van der Waals surface area contributed by atoms with Crippen LogP contribution in [0.1, 0.15) is 84.8 Å². The summed E-state index contributed by atoms with van der Waals surface area (Å²) in [6.07, 6.45) is 6.31. The minimum absolute atomic E-state index is 0.0620. The van der Waals surface area contributed by atoms with Crippen molar-refractivity contribution in [3.8, 4) is 5.75 Å². The van der Waals surface area contributed by atoms with Crippen molar-refractivity contribution in [1.29, 1.82) is 0 Å². The number of benzene rings is 1. The van der Waals surface area contributed by atoms with Gasteiger partial charge in [-0.2, -0.15) is 0 Å². The van der Waals surface area contributed by atoms with Crippen molar-refractivity contribution in [2.45, 2.75) is 71.0 Å². The summed E-state index contributed by atoms with van der Waals surface area (Å²) >= 11 is 0. The fourth-order valence-electron chi connectivity index (χ4n) is 5.14. The van der Waals surface area contributed by atoms with E-state index in [1.807, 2.05) is 13.8 Å². The molecule has 1 aliphatic carbocycles. The first-order valence-electron chi connectivity index (χ1n) is 12.4. The summed E-state index contributed by atoms with van der Waals surface area (Å²) in [5.74, 6) is -4.72. The number of nitrogens with zero attached hydrogens (tertiary/aromatic N) is 2. The van der Waals surface area contributed by atoms with E-state index < -0.39 is 40.9 Å². The SMILES string of the molecule is CCCCOc1c2n(cc(C(=O)NCc3c(F)cc(F)cc3F)c1=O)[C@@H]1CCCC[C@@H]1N(CC)C2=O. The van der Waals surface area contributed by atoms with Crippen LogP contribution in [-0.2, 0) is 6.54 Å². The molecule has 2 heterocycles. The Bertz CT molecular complexity index is 1210. The summed E-state index contributed by atoms with van der Waals surface area (Å²) in [5, 5.41) is 2.36. The van der Waals surface area contributed by atoms with Gasteiger partial charge in [0.05, 0.1) is 18.7 Å². The van der Waals surface area contributed by atoms with Crippen LogP contribution >= 0.6 is 0 Å². The molecule has 4 rings (SSSR count). The van der Waals surface area contributed by atoms with E-state index in [-0.39, 0.29) is 41.6 Å². The Hall–Kier alpha value is -3.30. The number of hydrogen-bond acceptors (Lipinski definition) is 4. The Morgan fingerprint density at radius 3 is 2.39 bits per heavy atom. The highest BCUT2D eigenvalue weighted by molar-refractivity contribution is 5.99. The number of fused-ring (bicyclic) bond motifs is 3. The van der Waals surface area contributed by atoms with Crippen LogP contribution in [0.3, 0.4) is 0 Å². The molecule has 1 N–H and O–H groups in total. The lowest BCUT2D eigenvalue weighted by Gasteiger charge is -2.45. The third-order valence-electron chi connectivity index (χ3n) is 6.97. The van der Waals surface area contributed by atoms with Crippen LogP contribution in [-0.4, -0.2) is 40.5 Å². The third-order valence-corrected chi connectivity index (χ3v) is 6.97. The van der Waals surface area contributed by atoms with Crippen molar-refractivity contribution in [2.75, 3.05) is 13.2 Å². The van der Waals surface area contributed by atoms with Gasteiger partial charge < -0.3 is 19.5 Å². The normalized spacial score (nSPS) is 19.0. The molecule has 0 saturated heterocycles. The number of ether oxygens (including phenoxy) is 1. The van der Waals surface area contributed by atoms with E-state index in [9.17, 15) is 27.6 Å². The molecule has 2 aromatic rings. The number of carbonyl (C=O) groups is 2. The first-order chi connectivity index (χ1) is 17.3. The van der Waals surface area contributed by atoms with E-state index in [1.165, 1.54) is 6.20 Å². The number of nitrogens with one attached hydrogen (secondary N) is 1. The molecule has 2 aliphatic rings. The lowest BCUT2D eigenvalue weighted by molar-refractivity contribution is 0.0439. The highest BCUT2D eigenvalue weighted by atomic mass is 19.1. The molecule has 10 heteroatoms. The molecule has 1 fully saturated rings. The van der Waals surface area contributed by atoms with Crippen LogP contribution in [0, 0.1) is 17.5 Å². The molecule has 1 aromatic carbocycles. The maximum absolute atomic E-state index is 14.0. The minimum Gasteiger partial charge on any atom is -0.487 e. The molecule has 1 aromatic heterocycles. The predicted octanol–water partition coefficient (Wildman–Crippen LogP) is 4.33. The Morgan fingerprint density at radius 1 is 1.08 bits per heavy atom. The topological polar surface area (TPSA) is 80.6 Å². The molecular weight excluding hydrogens is 475 g/mol. The quantitative estimate of drug-likeness (QED) is 0.542. The van der Waals surface area contributed by atoms with Gasteiger partial charge in [-0.3, -0.25) is 14.4 Å². The van der Waals surface area contributed by atoms with Gasteiger partial charge in [0.2, 0.25) is 5.43 Å². The second-order valence-corrected chi connectivity index (χ2v) is 9.20. The first-order valence-corrected chi connectivity index (χ1v) is 12.4. The second kappa shape index (κ2) is 10.8. The monoisotopic (exact) mass is 505 g/mol. The molecule has 36 heavy (non-hydrogen) atoms. The van der Waals surface area contributed by atoms with Crippen LogP contribution in [0.2, 0.25) is 0 Å². The number of hydrogen-bond donors (Lipinski definition) is 1. The highest BCUT2D eigenvalue weighted by Gasteiger charge is 2.42. The minimum atomic E-state index is -1.14. The van der Waals surface area contributed by atoms with Gasteiger partial charge in [-0.15, -0.1) is 0 Å². The van der Waals surface area contributed by atoms with E-state index in [4.69, 9.17) is 4.74 Å². The zero-order chi connectivity index (χ0) is 26.0. The van der Waals surface area contributed by atoms with Crippen molar-refractivity contribution < 1.29 is 27.5 Å². The lowest BCUT2D eigenvalue weighted by Crippen LogP contribution is -2.53. The number of carbonyl (C=O) groups excluding carboxylic acids is 2. The summed E-state index contributed by atoms with van der Waals surface area (Å²) in [4.78, 5) is 41.7. The van der Waals surface area contributed by atoms with Crippen molar-refractivity contribution in [2.24, 2.45) is 0 Å². The molecule has 0 spiro atoms. The molecule has 1 aliphatic heterocycles. The molecular formula is C26H30F3N3O4. The number of aromatic nitrogens is 1. The van der Waals surface area contributed by atoms with E-state index >= 15 is 0 Å². The maximum Gasteiger partial charge on any atom is 0.274 e. The standard InChI is InChI=1S/C26H30F3N3O4/c1-3-5-10-36-24-22-26(35)31(4-2)20-8-6-7-9-21(20)32(22)14-17(23(24)33)25(34)30-13-16-18(28)11-15(27)12-19(16)29/h11-12,14,20-21H,3-10,13H2,1-2H3,(H,30,34)/t20-,21+/m0/s1. The van der Waals surface area contributed by atoms with Crippen molar-refractivity contribution in [3.05, 3.63) is 62.8 Å². The van der Waals surface area contributed by atoms with Gasteiger partial charge in [0, 0.05) is 37.0 Å². The molecule has 7 nitrogen and oxygen atoms in total. The van der Waals surface area contributed by atoms with Crippen LogP contribution in [0.25, 0.3) is 0 Å². The number of pyridine rings is 1.